The van der Waals surface area contributed by atoms with Crippen molar-refractivity contribution in [2.24, 2.45) is 0 Å². The van der Waals surface area contributed by atoms with Gasteiger partial charge in [-0.3, -0.25) is 0 Å². The minimum Gasteiger partial charge on any atom is -0.208 e. The van der Waals surface area contributed by atoms with E-state index in [1.807, 2.05) is 35.6 Å². The quantitative estimate of drug-likeness (QED) is 0.170. The van der Waals surface area contributed by atoms with Crippen LogP contribution in [0.1, 0.15) is 0 Å². The van der Waals surface area contributed by atoms with Crippen LogP contribution in [-0.4, -0.2) is 15.0 Å². The number of rotatable bonds is 6. The Morgan fingerprint density at radius 2 is 0.825 bits per heavy atom. The molecule has 11 aromatic rings. The van der Waals surface area contributed by atoms with E-state index in [-0.39, 0.29) is 0 Å². The molecule has 0 saturated heterocycles. The zero-order valence-corrected chi connectivity index (χ0v) is 31.6. The second-order valence-electron chi connectivity index (χ2n) is 14.4. The van der Waals surface area contributed by atoms with Crippen LogP contribution in [-0.2, 0) is 0 Å². The number of hydrogen-bond donors (Lipinski definition) is 0. The summed E-state index contributed by atoms with van der Waals surface area (Å²) >= 11 is 1.83. The summed E-state index contributed by atoms with van der Waals surface area (Å²) in [5, 5.41) is 7.36. The highest BCUT2D eigenvalue weighted by Crippen LogP contribution is 2.44. The van der Waals surface area contributed by atoms with Crippen LogP contribution in [0.2, 0.25) is 0 Å². The van der Waals surface area contributed by atoms with Gasteiger partial charge in [0.1, 0.15) is 0 Å². The summed E-state index contributed by atoms with van der Waals surface area (Å²) < 4.78 is 2.46. The lowest BCUT2D eigenvalue weighted by Crippen LogP contribution is -2.00. The van der Waals surface area contributed by atoms with Crippen molar-refractivity contribution >= 4 is 53.1 Å². The van der Waals surface area contributed by atoms with Gasteiger partial charge in [-0.25, -0.2) is 15.0 Å². The fraction of sp³-hybridized carbons (Fsp3) is 0. The molecule has 0 aliphatic heterocycles. The Morgan fingerprint density at radius 1 is 0.281 bits per heavy atom. The molecule has 0 amide bonds. The second kappa shape index (κ2) is 13.8. The van der Waals surface area contributed by atoms with Gasteiger partial charge in [0.2, 0.25) is 0 Å². The molecule has 9 aromatic carbocycles. The molecule has 0 radical (unpaired) electrons. The number of hydrogen-bond acceptors (Lipinski definition) is 4. The lowest BCUT2D eigenvalue weighted by atomic mass is 9.95. The molecule has 0 fully saturated rings. The van der Waals surface area contributed by atoms with Crippen molar-refractivity contribution in [2.75, 3.05) is 0 Å². The molecular formula is C53H33N3S. The first kappa shape index (κ1) is 33.1. The predicted molar refractivity (Wildman–Crippen MR) is 240 cm³/mol. The van der Waals surface area contributed by atoms with Crippen molar-refractivity contribution in [1.82, 2.24) is 15.0 Å². The molecule has 57 heavy (non-hydrogen) atoms. The zero-order valence-electron chi connectivity index (χ0n) is 30.8. The van der Waals surface area contributed by atoms with E-state index in [0.717, 1.165) is 33.2 Å². The molecule has 0 unspecified atom stereocenters. The molecule has 0 aliphatic carbocycles. The van der Waals surface area contributed by atoms with Crippen LogP contribution in [0.25, 0.3) is 109 Å². The Labute approximate surface area is 334 Å². The molecule has 11 rings (SSSR count). The smallest absolute Gasteiger partial charge is 0.164 e. The number of aromatic nitrogens is 3. The van der Waals surface area contributed by atoms with Gasteiger partial charge in [0, 0.05) is 36.9 Å². The zero-order chi connectivity index (χ0) is 37.7. The van der Waals surface area contributed by atoms with Crippen molar-refractivity contribution in [3.05, 3.63) is 200 Å². The molecule has 0 aliphatic rings. The van der Waals surface area contributed by atoms with Gasteiger partial charge in [-0.05, 0) is 73.1 Å². The number of thiophene rings is 1. The van der Waals surface area contributed by atoms with Gasteiger partial charge in [-0.1, -0.05) is 182 Å². The normalized spacial score (nSPS) is 11.5. The van der Waals surface area contributed by atoms with Gasteiger partial charge in [-0.2, -0.15) is 0 Å². The van der Waals surface area contributed by atoms with E-state index in [1.54, 1.807) is 0 Å². The first-order valence-corrected chi connectivity index (χ1v) is 20.0. The molecule has 0 atom stereocenters. The van der Waals surface area contributed by atoms with Crippen LogP contribution >= 0.6 is 11.3 Å². The Kier molecular flexibility index (Phi) is 8.01. The molecule has 0 bridgehead atoms. The Bertz CT molecular complexity index is 3270. The maximum Gasteiger partial charge on any atom is 0.164 e. The monoisotopic (exact) mass is 743 g/mol. The van der Waals surface area contributed by atoms with Crippen molar-refractivity contribution in [3.8, 4) is 67.5 Å². The predicted octanol–water partition coefficient (Wildman–Crippen LogP) is 14.5. The van der Waals surface area contributed by atoms with Gasteiger partial charge >= 0.3 is 0 Å². The summed E-state index contributed by atoms with van der Waals surface area (Å²) in [5.74, 6) is 1.96. The fourth-order valence-electron chi connectivity index (χ4n) is 8.13. The molecule has 0 N–H and O–H groups in total. The number of fused-ring (bicyclic) bond motifs is 6. The minimum absolute atomic E-state index is 0.647. The highest BCUT2D eigenvalue weighted by atomic mass is 32.1. The van der Waals surface area contributed by atoms with Gasteiger partial charge in [0.25, 0.3) is 0 Å². The highest BCUT2D eigenvalue weighted by Gasteiger charge is 2.19. The molecule has 0 spiro atoms. The van der Waals surface area contributed by atoms with Crippen LogP contribution in [0.5, 0.6) is 0 Å². The molecule has 266 valence electrons. The van der Waals surface area contributed by atoms with Crippen molar-refractivity contribution in [2.45, 2.75) is 0 Å². The van der Waals surface area contributed by atoms with Crippen molar-refractivity contribution in [3.63, 3.8) is 0 Å². The Balaban J connectivity index is 1.04. The van der Waals surface area contributed by atoms with Crippen LogP contribution in [0.3, 0.4) is 0 Å². The lowest BCUT2D eigenvalue weighted by Gasteiger charge is -2.12. The number of nitrogens with zero attached hydrogens (tertiary/aromatic N) is 3. The summed E-state index contributed by atoms with van der Waals surface area (Å²) in [5.41, 5.74) is 10.0. The van der Waals surface area contributed by atoms with E-state index in [2.05, 4.69) is 176 Å². The number of benzene rings is 9. The van der Waals surface area contributed by atoms with Crippen molar-refractivity contribution in [1.29, 1.82) is 0 Å². The molecule has 2 heterocycles. The standard InChI is InChI=1S/C53H33N3S/c1-3-13-34(14-4-1)39-19-11-20-41(31-39)52-54-51(38-16-5-2-6-17-38)55-53(56-52)47-33-49-50(45-23-10-9-22-44(45)47)46-30-29-40(32-48(46)57-49)35-25-27-37(28-26-35)43-24-12-18-36-15-7-8-21-42(36)43/h1-33H. The average Bonchev–Trinajstić information content (AvgIpc) is 3.67. The molecule has 2 aromatic heterocycles. The molecule has 3 nitrogen and oxygen atoms in total. The summed E-state index contributed by atoms with van der Waals surface area (Å²) in [4.78, 5) is 15.5. The maximum absolute atomic E-state index is 5.23. The first-order chi connectivity index (χ1) is 28.2. The van der Waals surface area contributed by atoms with Gasteiger partial charge < -0.3 is 0 Å². The first-order valence-electron chi connectivity index (χ1n) is 19.2. The summed E-state index contributed by atoms with van der Waals surface area (Å²) in [6.07, 6.45) is 0. The third-order valence-electron chi connectivity index (χ3n) is 10.9. The molecule has 4 heteroatoms. The van der Waals surface area contributed by atoms with E-state index in [9.17, 15) is 0 Å². The highest BCUT2D eigenvalue weighted by molar-refractivity contribution is 7.26. The average molecular weight is 744 g/mol. The summed E-state index contributed by atoms with van der Waals surface area (Å²) in [6, 6.07) is 71.1. The van der Waals surface area contributed by atoms with Gasteiger partial charge in [0.05, 0.1) is 0 Å². The van der Waals surface area contributed by atoms with E-state index in [4.69, 9.17) is 15.0 Å². The van der Waals surface area contributed by atoms with Crippen molar-refractivity contribution < 1.29 is 0 Å². The van der Waals surface area contributed by atoms with E-state index >= 15 is 0 Å². The maximum atomic E-state index is 5.23. The Hall–Kier alpha value is -7.27. The fourth-order valence-corrected chi connectivity index (χ4v) is 9.34. The van der Waals surface area contributed by atoms with E-state index in [1.165, 1.54) is 58.6 Å². The van der Waals surface area contributed by atoms with Crippen LogP contribution in [0, 0.1) is 0 Å². The lowest BCUT2D eigenvalue weighted by molar-refractivity contribution is 1.08. The Morgan fingerprint density at radius 3 is 1.63 bits per heavy atom. The SMILES string of the molecule is c1ccc(-c2cccc(-c3nc(-c4ccccc4)nc(-c4cc5sc6cc(-c7ccc(-c8cccc9ccccc89)cc7)ccc6c5c5ccccc45)n3)c2)cc1. The second-order valence-corrected chi connectivity index (χ2v) is 15.5. The summed E-state index contributed by atoms with van der Waals surface area (Å²) in [6.45, 7) is 0. The van der Waals surface area contributed by atoms with E-state index < -0.39 is 0 Å². The topological polar surface area (TPSA) is 38.7 Å². The molecule has 0 saturated carbocycles. The minimum atomic E-state index is 0.647. The third kappa shape index (κ3) is 5.95. The third-order valence-corrected chi connectivity index (χ3v) is 12.0. The van der Waals surface area contributed by atoms with E-state index in [0.29, 0.717) is 17.5 Å². The summed E-state index contributed by atoms with van der Waals surface area (Å²) in [7, 11) is 0. The molecular weight excluding hydrogens is 711 g/mol. The van der Waals surface area contributed by atoms with Crippen LogP contribution < -0.4 is 0 Å². The van der Waals surface area contributed by atoms with Gasteiger partial charge in [-0.15, -0.1) is 11.3 Å². The largest absolute Gasteiger partial charge is 0.208 e. The van der Waals surface area contributed by atoms with Crippen LogP contribution in [0.15, 0.2) is 200 Å². The van der Waals surface area contributed by atoms with Gasteiger partial charge in [0.15, 0.2) is 17.5 Å². The van der Waals surface area contributed by atoms with Crippen LogP contribution in [0.4, 0.5) is 0 Å².